The fourth-order valence-corrected chi connectivity index (χ4v) is 20.4. The number of fused-ring (bicyclic) bond motifs is 9. The lowest BCUT2D eigenvalue weighted by atomic mass is 9.98. The van der Waals surface area contributed by atoms with Gasteiger partial charge in [-0.3, -0.25) is 15.0 Å². The highest BCUT2D eigenvalue weighted by Crippen LogP contribution is 2.57. The molecule has 0 bridgehead atoms. The van der Waals surface area contributed by atoms with E-state index in [9.17, 15) is 30.0 Å². The van der Waals surface area contributed by atoms with Gasteiger partial charge in [0.15, 0.2) is 0 Å². The third-order valence-corrected chi connectivity index (χ3v) is 24.1. The number of benzene rings is 3. The molecule has 17 nitrogen and oxygen atoms in total. The van der Waals surface area contributed by atoms with E-state index in [1.54, 1.807) is 57.4 Å². The van der Waals surface area contributed by atoms with Crippen LogP contribution in [0.4, 0.5) is 4.79 Å². The lowest BCUT2D eigenvalue weighted by Gasteiger charge is -2.31. The summed E-state index contributed by atoms with van der Waals surface area (Å²) in [5, 5.41) is 15.4. The predicted molar refractivity (Wildman–Crippen MR) is 310 cm³/mol. The lowest BCUT2D eigenvalue weighted by Crippen LogP contribution is -2.48. The summed E-state index contributed by atoms with van der Waals surface area (Å²) in [5.74, 6) is 1.49. The van der Waals surface area contributed by atoms with Crippen LogP contribution < -0.4 is 16.0 Å². The predicted octanol–water partition coefficient (Wildman–Crippen LogP) is 9.37. The maximum absolute atomic E-state index is 13.5. The van der Waals surface area contributed by atoms with E-state index in [0.717, 1.165) is 81.9 Å². The van der Waals surface area contributed by atoms with Crippen molar-refractivity contribution in [2.24, 2.45) is 17.8 Å². The van der Waals surface area contributed by atoms with Crippen LogP contribution in [-0.2, 0) is 33.8 Å². The molecule has 6 saturated heterocycles. The van der Waals surface area contributed by atoms with Crippen molar-refractivity contribution < 1.29 is 34.8 Å². The zero-order valence-electron chi connectivity index (χ0n) is 44.4. The molecule has 80 heavy (non-hydrogen) atoms. The standard InChI is InChI=1S/2C17H18ClN3O2S.C13H22N2O2.C9H5Cl2NO2S/c2*18-13-9-19-8-11-2-1-3-14(15(11)13)24(22,23)21-10-12-4-7-20-16(12)17(21)5-6-17;1-12(2,3)17-11(16)15-7-4-9-8-14-13(5-6-13)10(9)15;10-7-5-12-4-6-2-1-3-8(9(6)7)15(11,13)14/h2*1-3,8-9,12,16,20H,4-7,10H2;9-10,14H,4-8H2,1-3H3;1-5H. The minimum Gasteiger partial charge on any atom is -0.444 e. The second-order valence-corrected chi connectivity index (χ2v) is 31.2. The number of nitrogens with zero attached hydrogens (tertiary/aromatic N) is 6. The Labute approximate surface area is 486 Å². The maximum Gasteiger partial charge on any atom is 0.410 e. The summed E-state index contributed by atoms with van der Waals surface area (Å²) >= 11 is 18.5. The van der Waals surface area contributed by atoms with Crippen molar-refractivity contribution in [3.8, 4) is 0 Å². The Bertz CT molecular complexity index is 3640. The number of likely N-dealkylation sites (tertiary alicyclic amines) is 1. The van der Waals surface area contributed by atoms with E-state index in [0.29, 0.717) is 90.3 Å². The highest BCUT2D eigenvalue weighted by molar-refractivity contribution is 8.14. The van der Waals surface area contributed by atoms with Gasteiger partial charge < -0.3 is 25.6 Å². The second-order valence-electron chi connectivity index (χ2n) is 23.8. The largest absolute Gasteiger partial charge is 0.444 e. The van der Waals surface area contributed by atoms with Gasteiger partial charge in [-0.1, -0.05) is 71.2 Å². The molecule has 0 radical (unpaired) electrons. The molecule has 426 valence electrons. The van der Waals surface area contributed by atoms with Gasteiger partial charge in [0.2, 0.25) is 20.0 Å². The monoisotopic (exact) mass is 1230 g/mol. The Morgan fingerprint density at radius 1 is 0.600 bits per heavy atom. The second kappa shape index (κ2) is 20.6. The number of rotatable bonds is 5. The van der Waals surface area contributed by atoms with E-state index in [1.807, 2.05) is 37.8 Å². The molecule has 6 unspecified atom stereocenters. The number of pyridine rings is 3. The van der Waals surface area contributed by atoms with Crippen LogP contribution in [0.2, 0.25) is 15.1 Å². The quantitative estimate of drug-likeness (QED) is 0.137. The van der Waals surface area contributed by atoms with Crippen LogP contribution in [0, 0.1) is 17.8 Å². The number of carbonyl (C=O) groups excluding carboxylic acids is 1. The number of nitrogens with one attached hydrogen (secondary N) is 3. The number of carbonyl (C=O) groups is 1. The average molecular weight is 1230 g/mol. The van der Waals surface area contributed by atoms with E-state index in [2.05, 4.69) is 30.9 Å². The zero-order chi connectivity index (χ0) is 56.4. The number of amides is 1. The third kappa shape index (κ3) is 9.95. The molecule has 9 fully saturated rings. The fraction of sp³-hybridized carbons (Fsp3) is 0.500. The van der Waals surface area contributed by atoms with Gasteiger partial charge in [-0.2, -0.15) is 8.61 Å². The van der Waals surface area contributed by atoms with Gasteiger partial charge in [-0.25, -0.2) is 30.0 Å². The van der Waals surface area contributed by atoms with Crippen molar-refractivity contribution in [3.05, 3.63) is 107 Å². The van der Waals surface area contributed by atoms with E-state index in [4.69, 9.17) is 50.2 Å². The first-order chi connectivity index (χ1) is 38.0. The third-order valence-electron chi connectivity index (χ3n) is 17.9. The van der Waals surface area contributed by atoms with Gasteiger partial charge >= 0.3 is 6.09 Å². The fourth-order valence-electron chi connectivity index (χ4n) is 14.1. The Kier molecular flexibility index (Phi) is 14.6. The van der Waals surface area contributed by atoms with Gasteiger partial charge in [-0.15, -0.1) is 0 Å². The summed E-state index contributed by atoms with van der Waals surface area (Å²) < 4.78 is 85.6. The van der Waals surface area contributed by atoms with Gasteiger partial charge in [0, 0.05) is 124 Å². The molecule has 3 aromatic heterocycles. The molecule has 3 spiro atoms. The van der Waals surface area contributed by atoms with Gasteiger partial charge in [0.05, 0.1) is 46.9 Å². The smallest absolute Gasteiger partial charge is 0.410 e. The van der Waals surface area contributed by atoms with E-state index >= 15 is 0 Å². The molecule has 9 heterocycles. The van der Waals surface area contributed by atoms with Crippen LogP contribution in [0.1, 0.15) is 78.6 Å². The number of hydrogen-bond donors (Lipinski definition) is 3. The van der Waals surface area contributed by atoms with Crippen LogP contribution in [0.3, 0.4) is 0 Å². The number of sulfonamides is 2. The molecule has 3 N–H and O–H groups in total. The van der Waals surface area contributed by atoms with E-state index in [-0.39, 0.29) is 32.6 Å². The maximum atomic E-state index is 13.5. The topological polar surface area (TPSA) is 213 Å². The summed E-state index contributed by atoms with van der Waals surface area (Å²) in [6, 6.07) is 16.3. The molecule has 15 rings (SSSR count). The normalized spacial score (nSPS) is 26.6. The Balaban J connectivity index is 0.000000108. The highest BCUT2D eigenvalue weighted by Gasteiger charge is 2.67. The van der Waals surface area contributed by atoms with E-state index < -0.39 is 34.7 Å². The molecule has 3 saturated carbocycles. The first-order valence-corrected chi connectivity index (χ1v) is 33.6. The van der Waals surface area contributed by atoms with Crippen molar-refractivity contribution in [3.63, 3.8) is 0 Å². The molecule has 24 heteroatoms. The Morgan fingerprint density at radius 2 is 1.02 bits per heavy atom. The van der Waals surface area contributed by atoms with Crippen molar-refractivity contribution in [2.75, 3.05) is 39.3 Å². The summed E-state index contributed by atoms with van der Waals surface area (Å²) in [4.78, 5) is 26.8. The first kappa shape index (κ1) is 56.5. The lowest BCUT2D eigenvalue weighted by molar-refractivity contribution is 0.0192. The Morgan fingerprint density at radius 3 is 1.43 bits per heavy atom. The molecule has 1 amide bonds. The Hall–Kier alpha value is -4.03. The van der Waals surface area contributed by atoms with Crippen molar-refractivity contribution in [2.45, 2.75) is 134 Å². The summed E-state index contributed by atoms with van der Waals surface area (Å²) in [6.45, 7) is 10.9. The SMILES string of the molecule is CC(C)(C)OC(=O)N1CCC2CNC3(CC3)C21.O=S(=O)(Cl)c1cccc2cncc(Cl)c12.O=S(=O)(c1cccc2cncc(Cl)c12)N1CC2CCNC2C12CC2.O=S(=O)(c1cccc2cncc(Cl)c12)N1CC2CCNC2C12CC2. The van der Waals surface area contributed by atoms with E-state index in [1.165, 1.54) is 43.7 Å². The van der Waals surface area contributed by atoms with Crippen LogP contribution in [0.25, 0.3) is 32.3 Å². The molecule has 6 aromatic rings. The number of halogens is 4. The molecule has 6 atom stereocenters. The first-order valence-electron chi connectivity index (χ1n) is 27.3. The van der Waals surface area contributed by atoms with Gasteiger partial charge in [-0.05, 0) is 128 Å². The molecule has 3 aromatic carbocycles. The summed E-state index contributed by atoms with van der Waals surface area (Å²) in [7, 11) is -5.68. The number of hydrogen-bond acceptors (Lipinski definition) is 14. The number of aromatic nitrogens is 3. The molecule has 6 aliphatic heterocycles. The van der Waals surface area contributed by atoms with Crippen LogP contribution in [0.15, 0.2) is 106 Å². The zero-order valence-corrected chi connectivity index (χ0v) is 49.9. The van der Waals surface area contributed by atoms with Crippen molar-refractivity contribution >= 4 is 113 Å². The molecule has 9 aliphatic rings. The molecular formula is C56H63Cl4N9O8S3. The summed E-state index contributed by atoms with van der Waals surface area (Å²) in [5.41, 5.74) is -0.584. The van der Waals surface area contributed by atoms with Gasteiger partial charge in [0.25, 0.3) is 9.05 Å². The van der Waals surface area contributed by atoms with Crippen molar-refractivity contribution in [1.29, 1.82) is 0 Å². The summed E-state index contributed by atoms with van der Waals surface area (Å²) in [6.07, 6.45) is 18.6. The van der Waals surface area contributed by atoms with Crippen LogP contribution in [-0.4, -0.2) is 139 Å². The minimum atomic E-state index is -3.79. The van der Waals surface area contributed by atoms with Crippen molar-refractivity contribution in [1.82, 2.24) is 44.4 Å². The van der Waals surface area contributed by atoms with Crippen LogP contribution >= 0.6 is 45.5 Å². The average Bonchev–Trinajstić information content (AvgIpc) is 4.48. The molecular weight excluding hydrogens is 1160 g/mol. The number of ether oxygens (including phenoxy) is 1. The minimum absolute atomic E-state index is 0.00840. The van der Waals surface area contributed by atoms with Gasteiger partial charge in [0.1, 0.15) is 5.60 Å². The van der Waals surface area contributed by atoms with Crippen LogP contribution in [0.5, 0.6) is 0 Å². The highest BCUT2D eigenvalue weighted by atomic mass is 35.7. The molecule has 3 aliphatic carbocycles.